The van der Waals surface area contributed by atoms with Gasteiger partial charge >= 0.3 is 0 Å². The smallest absolute Gasteiger partial charge is 0.116 e. The molecule has 0 fully saturated rings. The number of rotatable bonds is 3. The molecular weight excluding hydrogens is 252 g/mol. The molecule has 2 rings (SSSR count). The third-order valence-corrected chi connectivity index (χ3v) is 3.81. The fourth-order valence-electron chi connectivity index (χ4n) is 1.50. The van der Waals surface area contributed by atoms with Crippen LogP contribution in [-0.2, 0) is 5.75 Å². The van der Waals surface area contributed by atoms with Crippen LogP contribution in [-0.4, -0.2) is 5.11 Å². The first kappa shape index (κ1) is 12.3. The predicted molar refractivity (Wildman–Crippen MR) is 73.9 cm³/mol. The van der Waals surface area contributed by atoms with Crippen LogP contribution in [0.1, 0.15) is 11.1 Å². The van der Waals surface area contributed by atoms with Crippen molar-refractivity contribution in [3.05, 3.63) is 58.6 Å². The van der Waals surface area contributed by atoms with Crippen molar-refractivity contribution in [2.75, 3.05) is 0 Å². The van der Waals surface area contributed by atoms with Crippen molar-refractivity contribution < 1.29 is 5.11 Å². The number of phenols is 1. The van der Waals surface area contributed by atoms with Gasteiger partial charge in [-0.1, -0.05) is 29.8 Å². The molecule has 0 radical (unpaired) electrons. The van der Waals surface area contributed by atoms with Crippen molar-refractivity contribution >= 4 is 23.4 Å². The molecule has 0 atom stereocenters. The van der Waals surface area contributed by atoms with Crippen LogP contribution in [0.5, 0.6) is 5.75 Å². The number of hydrogen-bond donors (Lipinski definition) is 1. The quantitative estimate of drug-likeness (QED) is 0.815. The normalized spacial score (nSPS) is 10.5. The van der Waals surface area contributed by atoms with Crippen LogP contribution in [0.3, 0.4) is 0 Å². The minimum Gasteiger partial charge on any atom is -0.508 e. The topological polar surface area (TPSA) is 20.2 Å². The Bertz CT molecular complexity index is 525. The summed E-state index contributed by atoms with van der Waals surface area (Å²) in [5, 5.41) is 10.2. The maximum atomic E-state index is 9.36. The summed E-state index contributed by atoms with van der Waals surface area (Å²) in [6.45, 7) is 2.03. The van der Waals surface area contributed by atoms with E-state index in [0.29, 0.717) is 5.75 Å². The molecule has 17 heavy (non-hydrogen) atoms. The Morgan fingerprint density at radius 3 is 2.71 bits per heavy atom. The Hall–Kier alpha value is -1.12. The number of aryl methyl sites for hydroxylation is 1. The largest absolute Gasteiger partial charge is 0.508 e. The van der Waals surface area contributed by atoms with Crippen LogP contribution in [0, 0.1) is 6.92 Å². The maximum Gasteiger partial charge on any atom is 0.116 e. The predicted octanol–water partition coefficient (Wildman–Crippen LogP) is 4.65. The molecule has 0 amide bonds. The lowest BCUT2D eigenvalue weighted by molar-refractivity contribution is 0.474. The van der Waals surface area contributed by atoms with Gasteiger partial charge in [-0.2, -0.15) is 0 Å². The lowest BCUT2D eigenvalue weighted by Crippen LogP contribution is -1.84. The minimum absolute atomic E-state index is 0.296. The van der Waals surface area contributed by atoms with Crippen LogP contribution >= 0.6 is 23.4 Å². The zero-order chi connectivity index (χ0) is 12.3. The van der Waals surface area contributed by atoms with Crippen LogP contribution in [0.4, 0.5) is 0 Å². The molecule has 0 aliphatic carbocycles. The third-order valence-electron chi connectivity index (χ3n) is 2.42. The summed E-state index contributed by atoms with van der Waals surface area (Å²) < 4.78 is 0. The summed E-state index contributed by atoms with van der Waals surface area (Å²) in [7, 11) is 0. The molecule has 0 saturated carbocycles. The van der Waals surface area contributed by atoms with Gasteiger partial charge in [0.15, 0.2) is 0 Å². The van der Waals surface area contributed by atoms with Crippen LogP contribution in [0.15, 0.2) is 47.4 Å². The molecule has 0 saturated heterocycles. The highest BCUT2D eigenvalue weighted by molar-refractivity contribution is 7.98. The first-order valence-electron chi connectivity index (χ1n) is 5.32. The maximum absolute atomic E-state index is 9.36. The first-order valence-corrected chi connectivity index (χ1v) is 6.68. The van der Waals surface area contributed by atoms with Gasteiger partial charge in [0.25, 0.3) is 0 Å². The first-order chi connectivity index (χ1) is 8.15. The van der Waals surface area contributed by atoms with Gasteiger partial charge in [-0.15, -0.1) is 11.8 Å². The second-order valence-corrected chi connectivity index (χ2v) is 5.34. The monoisotopic (exact) mass is 264 g/mol. The molecule has 88 valence electrons. The van der Waals surface area contributed by atoms with E-state index in [-0.39, 0.29) is 0 Å². The van der Waals surface area contributed by atoms with Crippen LogP contribution < -0.4 is 0 Å². The molecular formula is C14H13ClOS. The summed E-state index contributed by atoms with van der Waals surface area (Å²) in [5.41, 5.74) is 2.28. The average molecular weight is 265 g/mol. The second kappa shape index (κ2) is 5.48. The number of thioether (sulfide) groups is 1. The van der Waals surface area contributed by atoms with Gasteiger partial charge in [0.05, 0.1) is 0 Å². The highest BCUT2D eigenvalue weighted by atomic mass is 35.5. The van der Waals surface area contributed by atoms with Gasteiger partial charge in [0.2, 0.25) is 0 Å². The molecule has 0 aliphatic heterocycles. The Morgan fingerprint density at radius 2 is 2.00 bits per heavy atom. The molecule has 0 bridgehead atoms. The van der Waals surface area contributed by atoms with E-state index in [2.05, 4.69) is 6.07 Å². The molecule has 0 spiro atoms. The van der Waals surface area contributed by atoms with Gasteiger partial charge in [-0.25, -0.2) is 0 Å². The van der Waals surface area contributed by atoms with Crippen molar-refractivity contribution in [3.8, 4) is 5.75 Å². The van der Waals surface area contributed by atoms with Crippen molar-refractivity contribution in [1.29, 1.82) is 0 Å². The summed E-state index contributed by atoms with van der Waals surface area (Å²) >= 11 is 7.83. The van der Waals surface area contributed by atoms with Crippen molar-refractivity contribution in [3.63, 3.8) is 0 Å². The highest BCUT2D eigenvalue weighted by Gasteiger charge is 2.02. The number of halogens is 1. The van der Waals surface area contributed by atoms with E-state index < -0.39 is 0 Å². The van der Waals surface area contributed by atoms with E-state index in [9.17, 15) is 5.11 Å². The SMILES string of the molecule is Cc1ccc(CSc2cccc(O)c2)c(Cl)c1. The van der Waals surface area contributed by atoms with Gasteiger partial charge in [0, 0.05) is 15.7 Å². The van der Waals surface area contributed by atoms with Crippen molar-refractivity contribution in [1.82, 2.24) is 0 Å². The molecule has 1 nitrogen and oxygen atoms in total. The number of hydrogen-bond acceptors (Lipinski definition) is 2. The lowest BCUT2D eigenvalue weighted by atomic mass is 10.2. The lowest BCUT2D eigenvalue weighted by Gasteiger charge is -2.05. The molecule has 2 aromatic carbocycles. The van der Waals surface area contributed by atoms with Crippen molar-refractivity contribution in [2.24, 2.45) is 0 Å². The van der Waals surface area contributed by atoms with E-state index in [1.165, 1.54) is 5.56 Å². The third kappa shape index (κ3) is 3.42. The Balaban J connectivity index is 2.07. The summed E-state index contributed by atoms with van der Waals surface area (Å²) in [6.07, 6.45) is 0. The Morgan fingerprint density at radius 1 is 1.18 bits per heavy atom. The molecule has 0 heterocycles. The standard InChI is InChI=1S/C14H13ClOS/c1-10-5-6-11(14(15)7-10)9-17-13-4-2-3-12(16)8-13/h2-8,16H,9H2,1H3. The van der Waals surface area contributed by atoms with Crippen LogP contribution in [0.25, 0.3) is 0 Å². The number of benzene rings is 2. The summed E-state index contributed by atoms with van der Waals surface area (Å²) in [4.78, 5) is 1.04. The van der Waals surface area contributed by atoms with E-state index in [1.54, 1.807) is 23.9 Å². The molecule has 3 heteroatoms. The van der Waals surface area contributed by atoms with E-state index in [0.717, 1.165) is 21.2 Å². The minimum atomic E-state index is 0.296. The Labute approximate surface area is 110 Å². The highest BCUT2D eigenvalue weighted by Crippen LogP contribution is 2.28. The molecule has 0 unspecified atom stereocenters. The fourth-order valence-corrected chi connectivity index (χ4v) is 2.84. The average Bonchev–Trinajstić information content (AvgIpc) is 2.28. The zero-order valence-electron chi connectivity index (χ0n) is 9.48. The molecule has 0 aromatic heterocycles. The zero-order valence-corrected chi connectivity index (χ0v) is 11.1. The summed E-state index contributed by atoms with van der Waals surface area (Å²) in [6, 6.07) is 13.3. The van der Waals surface area contributed by atoms with E-state index in [4.69, 9.17) is 11.6 Å². The molecule has 0 aliphatic rings. The van der Waals surface area contributed by atoms with Gasteiger partial charge in [0.1, 0.15) is 5.75 Å². The Kier molecular flexibility index (Phi) is 3.97. The van der Waals surface area contributed by atoms with Gasteiger partial charge in [-0.05, 0) is 42.3 Å². The van der Waals surface area contributed by atoms with Crippen LogP contribution in [0.2, 0.25) is 5.02 Å². The van der Waals surface area contributed by atoms with E-state index >= 15 is 0 Å². The summed E-state index contributed by atoms with van der Waals surface area (Å²) in [5.74, 6) is 1.10. The van der Waals surface area contributed by atoms with E-state index in [1.807, 2.05) is 31.2 Å². The number of phenolic OH excluding ortho intramolecular Hbond substituents is 1. The van der Waals surface area contributed by atoms with Gasteiger partial charge in [-0.3, -0.25) is 0 Å². The van der Waals surface area contributed by atoms with Gasteiger partial charge < -0.3 is 5.11 Å². The number of aromatic hydroxyl groups is 1. The molecule has 1 N–H and O–H groups in total. The second-order valence-electron chi connectivity index (χ2n) is 3.88. The fraction of sp³-hybridized carbons (Fsp3) is 0.143. The van der Waals surface area contributed by atoms with Crippen molar-refractivity contribution in [2.45, 2.75) is 17.6 Å². The molecule has 2 aromatic rings.